The van der Waals surface area contributed by atoms with E-state index >= 15 is 0 Å². The number of nitrogens with zero attached hydrogens (tertiary/aromatic N) is 4. The molecule has 1 fully saturated rings. The van der Waals surface area contributed by atoms with E-state index in [0.29, 0.717) is 23.8 Å². The number of aromatic nitrogens is 2. The summed E-state index contributed by atoms with van der Waals surface area (Å²) in [5, 5.41) is 4.74. The van der Waals surface area contributed by atoms with Gasteiger partial charge < -0.3 is 14.5 Å². The van der Waals surface area contributed by atoms with Gasteiger partial charge in [-0.1, -0.05) is 23.7 Å². The number of likely N-dealkylation sites (tertiary alicyclic amines) is 1. The molecule has 7 heteroatoms. The minimum absolute atomic E-state index is 0.110. The van der Waals surface area contributed by atoms with E-state index in [1.165, 1.54) is 5.56 Å². The normalized spacial score (nSPS) is 20.0. The van der Waals surface area contributed by atoms with Crippen molar-refractivity contribution in [3.05, 3.63) is 46.2 Å². The molecule has 1 aliphatic rings. The van der Waals surface area contributed by atoms with Gasteiger partial charge in [0, 0.05) is 32.1 Å². The Bertz CT molecular complexity index is 801. The minimum atomic E-state index is -0.110. The van der Waals surface area contributed by atoms with Crippen LogP contribution in [-0.4, -0.2) is 65.8 Å². The molecule has 2 heterocycles. The van der Waals surface area contributed by atoms with E-state index in [1.54, 1.807) is 18.8 Å². The third-order valence-electron chi connectivity index (χ3n) is 5.25. The summed E-state index contributed by atoms with van der Waals surface area (Å²) < 4.78 is 6.90. The number of methoxy groups -OCH3 is 1. The SMILES string of the molecule is COc1ccc(C2CN(C(=O)c3nn(C)c(C)c3Cl)CC2N(C)C)cc1. The van der Waals surface area contributed by atoms with Crippen LogP contribution < -0.4 is 4.74 Å². The summed E-state index contributed by atoms with van der Waals surface area (Å²) in [5.74, 6) is 0.946. The second-order valence-corrected chi connectivity index (χ2v) is 7.37. The van der Waals surface area contributed by atoms with Crippen LogP contribution in [0.2, 0.25) is 5.02 Å². The molecule has 0 N–H and O–H groups in total. The molecule has 2 atom stereocenters. The zero-order chi connectivity index (χ0) is 19.0. The molecule has 1 aromatic heterocycles. The molecule has 2 unspecified atom stereocenters. The first-order valence-corrected chi connectivity index (χ1v) is 9.00. The van der Waals surface area contributed by atoms with E-state index in [2.05, 4.69) is 22.1 Å². The number of likely N-dealkylation sites (N-methyl/N-ethyl adjacent to an activating group) is 1. The lowest BCUT2D eigenvalue weighted by atomic mass is 9.93. The molecule has 1 aliphatic heterocycles. The molecule has 0 aliphatic carbocycles. The van der Waals surface area contributed by atoms with Gasteiger partial charge in [0.1, 0.15) is 5.75 Å². The lowest BCUT2D eigenvalue weighted by Crippen LogP contribution is -2.36. The van der Waals surface area contributed by atoms with Crippen LogP contribution in [0.5, 0.6) is 5.75 Å². The first-order valence-electron chi connectivity index (χ1n) is 8.62. The third-order valence-corrected chi connectivity index (χ3v) is 5.70. The fourth-order valence-corrected chi connectivity index (χ4v) is 3.76. The van der Waals surface area contributed by atoms with Crippen molar-refractivity contribution >= 4 is 17.5 Å². The van der Waals surface area contributed by atoms with Gasteiger partial charge in [0.25, 0.3) is 5.91 Å². The Morgan fingerprint density at radius 1 is 1.27 bits per heavy atom. The maximum Gasteiger partial charge on any atom is 0.275 e. The largest absolute Gasteiger partial charge is 0.497 e. The highest BCUT2D eigenvalue weighted by Gasteiger charge is 2.39. The number of hydrogen-bond donors (Lipinski definition) is 0. The number of benzene rings is 1. The molecule has 3 rings (SSSR count). The summed E-state index contributed by atoms with van der Waals surface area (Å²) in [6.07, 6.45) is 0. The highest BCUT2D eigenvalue weighted by Crippen LogP contribution is 2.33. The fraction of sp³-hybridized carbons (Fsp3) is 0.474. The van der Waals surface area contributed by atoms with E-state index in [1.807, 2.05) is 38.1 Å². The monoisotopic (exact) mass is 376 g/mol. The summed E-state index contributed by atoms with van der Waals surface area (Å²) in [7, 11) is 7.55. The van der Waals surface area contributed by atoms with Crippen molar-refractivity contribution in [1.82, 2.24) is 19.6 Å². The van der Waals surface area contributed by atoms with Crippen LogP contribution in [-0.2, 0) is 7.05 Å². The van der Waals surface area contributed by atoms with Crippen LogP contribution in [0.4, 0.5) is 0 Å². The average Bonchev–Trinajstić information content (AvgIpc) is 3.19. The molecule has 1 saturated heterocycles. The summed E-state index contributed by atoms with van der Waals surface area (Å²) in [6.45, 7) is 3.15. The van der Waals surface area contributed by atoms with E-state index in [-0.39, 0.29) is 17.9 Å². The number of carbonyl (C=O) groups excluding carboxylic acids is 1. The van der Waals surface area contributed by atoms with Gasteiger partial charge in [-0.05, 0) is 38.7 Å². The van der Waals surface area contributed by atoms with Crippen molar-refractivity contribution < 1.29 is 9.53 Å². The Morgan fingerprint density at radius 3 is 2.42 bits per heavy atom. The molecular weight excluding hydrogens is 352 g/mol. The molecule has 0 spiro atoms. The molecule has 26 heavy (non-hydrogen) atoms. The highest BCUT2D eigenvalue weighted by molar-refractivity contribution is 6.34. The van der Waals surface area contributed by atoms with Crippen LogP contribution in [0.15, 0.2) is 24.3 Å². The molecule has 1 aromatic carbocycles. The topological polar surface area (TPSA) is 50.6 Å². The van der Waals surface area contributed by atoms with E-state index < -0.39 is 0 Å². The zero-order valence-corrected chi connectivity index (χ0v) is 16.6. The second kappa shape index (κ2) is 7.29. The van der Waals surface area contributed by atoms with Gasteiger partial charge in [0.15, 0.2) is 5.69 Å². The standard InChI is InChI=1S/C19H25ClN4O2/c1-12-17(20)18(21-23(12)4)19(25)24-10-15(16(11-24)22(2)3)13-6-8-14(26-5)9-7-13/h6-9,15-16H,10-11H2,1-5H3. The predicted octanol–water partition coefficient (Wildman–Crippen LogP) is 2.56. The van der Waals surface area contributed by atoms with Crippen LogP contribution in [0.3, 0.4) is 0 Å². The zero-order valence-electron chi connectivity index (χ0n) is 15.9. The Hall–Kier alpha value is -2.05. The third kappa shape index (κ3) is 3.31. The van der Waals surface area contributed by atoms with Crippen molar-refractivity contribution in [2.75, 3.05) is 34.3 Å². The van der Waals surface area contributed by atoms with Gasteiger partial charge in [0.05, 0.1) is 17.8 Å². The number of amides is 1. The number of rotatable bonds is 4. The van der Waals surface area contributed by atoms with E-state index in [4.69, 9.17) is 16.3 Å². The number of hydrogen-bond acceptors (Lipinski definition) is 4. The van der Waals surface area contributed by atoms with Crippen molar-refractivity contribution in [2.24, 2.45) is 7.05 Å². The van der Waals surface area contributed by atoms with Crippen LogP contribution in [0.25, 0.3) is 0 Å². The summed E-state index contributed by atoms with van der Waals surface area (Å²) >= 11 is 6.32. The van der Waals surface area contributed by atoms with Crippen molar-refractivity contribution in [3.8, 4) is 5.75 Å². The number of ether oxygens (including phenoxy) is 1. The predicted molar refractivity (Wildman–Crippen MR) is 102 cm³/mol. The lowest BCUT2D eigenvalue weighted by Gasteiger charge is -2.25. The summed E-state index contributed by atoms with van der Waals surface area (Å²) in [5.41, 5.74) is 2.33. The number of halogens is 1. The Kier molecular flexibility index (Phi) is 5.25. The fourth-order valence-electron chi connectivity index (χ4n) is 3.52. The van der Waals surface area contributed by atoms with Gasteiger partial charge in [0.2, 0.25) is 0 Å². The first kappa shape index (κ1) is 18.7. The van der Waals surface area contributed by atoms with Gasteiger partial charge in [-0.25, -0.2) is 0 Å². The number of aryl methyl sites for hydroxylation is 1. The van der Waals surface area contributed by atoms with Crippen LogP contribution in [0, 0.1) is 6.92 Å². The van der Waals surface area contributed by atoms with Crippen molar-refractivity contribution in [2.45, 2.75) is 18.9 Å². The van der Waals surface area contributed by atoms with Gasteiger partial charge in [-0.15, -0.1) is 0 Å². The van der Waals surface area contributed by atoms with Crippen LogP contribution >= 0.6 is 11.6 Å². The maximum absolute atomic E-state index is 13.0. The Labute approximate surface area is 159 Å². The average molecular weight is 377 g/mol. The van der Waals surface area contributed by atoms with E-state index in [0.717, 1.165) is 11.4 Å². The smallest absolute Gasteiger partial charge is 0.275 e. The van der Waals surface area contributed by atoms with Crippen molar-refractivity contribution in [1.29, 1.82) is 0 Å². The molecule has 140 valence electrons. The number of carbonyl (C=O) groups is 1. The summed E-state index contributed by atoms with van der Waals surface area (Å²) in [6, 6.07) is 8.31. The molecule has 0 bridgehead atoms. The Balaban J connectivity index is 1.86. The lowest BCUT2D eigenvalue weighted by molar-refractivity contribution is 0.0776. The van der Waals surface area contributed by atoms with Crippen LogP contribution in [0.1, 0.15) is 27.7 Å². The summed E-state index contributed by atoms with van der Waals surface area (Å²) in [4.78, 5) is 17.0. The van der Waals surface area contributed by atoms with Crippen molar-refractivity contribution in [3.63, 3.8) is 0 Å². The molecule has 2 aromatic rings. The quantitative estimate of drug-likeness (QED) is 0.822. The van der Waals surface area contributed by atoms with Gasteiger partial charge >= 0.3 is 0 Å². The van der Waals surface area contributed by atoms with Gasteiger partial charge in [-0.3, -0.25) is 9.48 Å². The maximum atomic E-state index is 13.0. The minimum Gasteiger partial charge on any atom is -0.497 e. The molecule has 0 radical (unpaired) electrons. The molecular formula is C19H25ClN4O2. The van der Waals surface area contributed by atoms with E-state index in [9.17, 15) is 4.79 Å². The molecule has 0 saturated carbocycles. The highest BCUT2D eigenvalue weighted by atomic mass is 35.5. The molecule has 6 nitrogen and oxygen atoms in total. The Morgan fingerprint density at radius 2 is 1.92 bits per heavy atom. The second-order valence-electron chi connectivity index (χ2n) is 6.99. The first-order chi connectivity index (χ1) is 12.3. The molecule has 1 amide bonds. The van der Waals surface area contributed by atoms with Gasteiger partial charge in [-0.2, -0.15) is 5.10 Å².